The number of fused-ring (bicyclic) bond motifs is 5. The lowest BCUT2D eigenvalue weighted by Gasteiger charge is -2.30. The summed E-state index contributed by atoms with van der Waals surface area (Å²) in [6.45, 7) is 0. The molecule has 0 N–H and O–H groups in total. The van der Waals surface area contributed by atoms with Gasteiger partial charge in [0.05, 0.1) is 5.69 Å². The van der Waals surface area contributed by atoms with Gasteiger partial charge in [-0.2, -0.15) is 0 Å². The SMILES string of the molecule is c1ccc(-c2ccc(-c3ccc(N(c4ccccc4)c4c(-c5ccccc5)c5ccccc5c5sc6ccccc6c45)cc3)cc2)cc1. The largest absolute Gasteiger partial charge is 0.309 e. The van der Waals surface area contributed by atoms with Crippen LogP contribution in [0.25, 0.3) is 64.3 Å². The van der Waals surface area contributed by atoms with E-state index in [2.05, 4.69) is 193 Å². The third-order valence-corrected chi connectivity index (χ3v) is 10.5. The van der Waals surface area contributed by atoms with E-state index in [1.807, 2.05) is 11.3 Å². The predicted molar refractivity (Wildman–Crippen MR) is 208 cm³/mol. The van der Waals surface area contributed by atoms with Crippen molar-refractivity contribution < 1.29 is 0 Å². The Labute approximate surface area is 284 Å². The molecule has 8 aromatic carbocycles. The molecule has 0 saturated heterocycles. The molecule has 0 aliphatic rings. The first kappa shape index (κ1) is 28.3. The van der Waals surface area contributed by atoms with E-state index in [0.29, 0.717) is 0 Å². The van der Waals surface area contributed by atoms with Crippen LogP contribution in [0.4, 0.5) is 17.1 Å². The van der Waals surface area contributed by atoms with E-state index in [9.17, 15) is 0 Å². The Morgan fingerprint density at radius 2 is 0.771 bits per heavy atom. The maximum Gasteiger partial charge on any atom is 0.0639 e. The van der Waals surface area contributed by atoms with E-state index < -0.39 is 0 Å². The summed E-state index contributed by atoms with van der Waals surface area (Å²) >= 11 is 1.89. The third kappa shape index (κ3) is 4.86. The number of para-hydroxylation sites is 1. The highest BCUT2D eigenvalue weighted by Crippen LogP contribution is 2.53. The normalized spacial score (nSPS) is 11.3. The summed E-state index contributed by atoms with van der Waals surface area (Å²) in [6.07, 6.45) is 0. The van der Waals surface area contributed by atoms with Gasteiger partial charge >= 0.3 is 0 Å². The van der Waals surface area contributed by atoms with Crippen LogP contribution in [-0.4, -0.2) is 0 Å². The molecule has 0 amide bonds. The molecule has 0 fully saturated rings. The molecule has 0 aliphatic carbocycles. The van der Waals surface area contributed by atoms with E-state index in [0.717, 1.165) is 11.4 Å². The lowest BCUT2D eigenvalue weighted by atomic mass is 9.91. The fourth-order valence-electron chi connectivity index (χ4n) is 7.02. The Morgan fingerprint density at radius 3 is 1.40 bits per heavy atom. The topological polar surface area (TPSA) is 3.24 Å². The maximum atomic E-state index is 2.47. The van der Waals surface area contributed by atoms with E-state index in [1.165, 1.54) is 70.0 Å². The average Bonchev–Trinajstić information content (AvgIpc) is 3.56. The van der Waals surface area contributed by atoms with Crippen molar-refractivity contribution in [2.24, 2.45) is 0 Å². The second kappa shape index (κ2) is 12.0. The van der Waals surface area contributed by atoms with Gasteiger partial charge in [-0.1, -0.05) is 158 Å². The van der Waals surface area contributed by atoms with E-state index in [-0.39, 0.29) is 0 Å². The summed E-state index contributed by atoms with van der Waals surface area (Å²) in [6, 6.07) is 68.0. The van der Waals surface area contributed by atoms with Crippen molar-refractivity contribution in [1.82, 2.24) is 0 Å². The molecular weight excluding hydrogens is 599 g/mol. The van der Waals surface area contributed by atoms with Crippen LogP contribution in [0.15, 0.2) is 188 Å². The zero-order valence-electron chi connectivity index (χ0n) is 26.3. The van der Waals surface area contributed by atoms with Gasteiger partial charge in [0.25, 0.3) is 0 Å². The number of thiophene rings is 1. The zero-order valence-corrected chi connectivity index (χ0v) is 27.1. The molecule has 9 aromatic rings. The number of hydrogen-bond donors (Lipinski definition) is 0. The molecule has 1 aromatic heterocycles. The van der Waals surface area contributed by atoms with Gasteiger partial charge in [0, 0.05) is 42.5 Å². The van der Waals surface area contributed by atoms with Crippen molar-refractivity contribution >= 4 is 59.3 Å². The molecule has 1 nitrogen and oxygen atoms in total. The molecule has 48 heavy (non-hydrogen) atoms. The molecule has 9 rings (SSSR count). The van der Waals surface area contributed by atoms with Gasteiger partial charge in [0.1, 0.15) is 0 Å². The van der Waals surface area contributed by atoms with Gasteiger partial charge in [-0.05, 0) is 63.5 Å². The van der Waals surface area contributed by atoms with Gasteiger partial charge in [-0.15, -0.1) is 11.3 Å². The molecule has 2 heteroatoms. The number of nitrogens with zero attached hydrogens (tertiary/aromatic N) is 1. The Hall–Kier alpha value is -5.96. The molecular formula is C46H31NS. The highest BCUT2D eigenvalue weighted by molar-refractivity contribution is 7.26. The van der Waals surface area contributed by atoms with Gasteiger partial charge in [0.2, 0.25) is 0 Å². The number of benzene rings is 8. The van der Waals surface area contributed by atoms with Crippen molar-refractivity contribution in [3.05, 3.63) is 188 Å². The molecule has 1 heterocycles. The first-order chi connectivity index (χ1) is 23.8. The van der Waals surface area contributed by atoms with Crippen LogP contribution in [0.2, 0.25) is 0 Å². The average molecular weight is 630 g/mol. The molecule has 0 radical (unpaired) electrons. The molecule has 0 unspecified atom stereocenters. The number of rotatable bonds is 6. The Morgan fingerprint density at radius 1 is 0.333 bits per heavy atom. The first-order valence-corrected chi connectivity index (χ1v) is 17.2. The molecule has 0 atom stereocenters. The van der Waals surface area contributed by atoms with Crippen LogP contribution in [-0.2, 0) is 0 Å². The molecule has 0 spiro atoms. The molecule has 226 valence electrons. The van der Waals surface area contributed by atoms with Crippen molar-refractivity contribution in [3.8, 4) is 33.4 Å². The number of anilines is 3. The van der Waals surface area contributed by atoms with E-state index in [4.69, 9.17) is 0 Å². The van der Waals surface area contributed by atoms with Crippen LogP contribution in [0.3, 0.4) is 0 Å². The van der Waals surface area contributed by atoms with Crippen molar-refractivity contribution in [1.29, 1.82) is 0 Å². The summed E-state index contributed by atoms with van der Waals surface area (Å²) in [4.78, 5) is 2.47. The predicted octanol–water partition coefficient (Wildman–Crippen LogP) is 13.7. The van der Waals surface area contributed by atoms with E-state index >= 15 is 0 Å². The minimum absolute atomic E-state index is 1.12. The Bertz CT molecular complexity index is 2520. The van der Waals surface area contributed by atoms with Crippen LogP contribution in [0.5, 0.6) is 0 Å². The summed E-state index contributed by atoms with van der Waals surface area (Å²) in [5.41, 5.74) is 10.8. The van der Waals surface area contributed by atoms with Crippen molar-refractivity contribution in [3.63, 3.8) is 0 Å². The quantitative estimate of drug-likeness (QED) is 0.177. The second-order valence-corrected chi connectivity index (χ2v) is 13.2. The van der Waals surface area contributed by atoms with Gasteiger partial charge in [0.15, 0.2) is 0 Å². The third-order valence-electron chi connectivity index (χ3n) is 9.26. The molecule has 0 bridgehead atoms. The van der Waals surface area contributed by atoms with Crippen LogP contribution in [0, 0.1) is 0 Å². The maximum absolute atomic E-state index is 2.47. The van der Waals surface area contributed by atoms with Crippen molar-refractivity contribution in [2.75, 3.05) is 4.90 Å². The van der Waals surface area contributed by atoms with Crippen molar-refractivity contribution in [2.45, 2.75) is 0 Å². The molecule has 0 saturated carbocycles. The first-order valence-electron chi connectivity index (χ1n) is 16.4. The monoisotopic (exact) mass is 629 g/mol. The smallest absolute Gasteiger partial charge is 0.0639 e. The summed E-state index contributed by atoms with van der Waals surface area (Å²) in [7, 11) is 0. The molecule has 0 aliphatic heterocycles. The summed E-state index contributed by atoms with van der Waals surface area (Å²) < 4.78 is 2.61. The zero-order chi connectivity index (χ0) is 31.9. The Balaban J connectivity index is 1.29. The minimum Gasteiger partial charge on any atom is -0.309 e. The summed E-state index contributed by atoms with van der Waals surface area (Å²) in [5.74, 6) is 0. The lowest BCUT2D eigenvalue weighted by Crippen LogP contribution is -2.12. The van der Waals surface area contributed by atoms with Gasteiger partial charge in [-0.25, -0.2) is 0 Å². The van der Waals surface area contributed by atoms with Crippen LogP contribution >= 0.6 is 11.3 Å². The van der Waals surface area contributed by atoms with E-state index in [1.54, 1.807) is 0 Å². The fraction of sp³-hybridized carbons (Fsp3) is 0. The van der Waals surface area contributed by atoms with Gasteiger partial charge in [-0.3, -0.25) is 0 Å². The fourth-order valence-corrected chi connectivity index (χ4v) is 8.26. The highest BCUT2D eigenvalue weighted by atomic mass is 32.1. The standard InChI is InChI=1S/C46H31NS/c1-4-14-32(15-5-1)33-24-26-34(27-25-33)35-28-30-38(31-29-35)47(37-18-8-3-9-19-37)45-43(36-16-6-2-7-17-36)39-20-10-11-21-40(39)46-44(45)41-22-12-13-23-42(41)48-46/h1-31H. The minimum atomic E-state index is 1.12. The Kier molecular flexibility index (Phi) is 7.07. The number of hydrogen-bond acceptors (Lipinski definition) is 2. The van der Waals surface area contributed by atoms with Crippen LogP contribution < -0.4 is 4.90 Å². The second-order valence-electron chi connectivity index (χ2n) is 12.1. The summed E-state index contributed by atoms with van der Waals surface area (Å²) in [5, 5.41) is 5.12. The lowest BCUT2D eigenvalue weighted by molar-refractivity contribution is 1.30. The van der Waals surface area contributed by atoms with Gasteiger partial charge < -0.3 is 4.90 Å². The van der Waals surface area contributed by atoms with Crippen LogP contribution in [0.1, 0.15) is 0 Å². The highest BCUT2D eigenvalue weighted by Gasteiger charge is 2.25.